The van der Waals surface area contributed by atoms with Crippen molar-refractivity contribution in [3.8, 4) is 0 Å². The monoisotopic (exact) mass is 297 g/mol. The van der Waals surface area contributed by atoms with Crippen LogP contribution in [0.15, 0.2) is 48.5 Å². The summed E-state index contributed by atoms with van der Waals surface area (Å²) in [6.45, 7) is 0.917. The lowest BCUT2D eigenvalue weighted by Crippen LogP contribution is -2.38. The molecule has 0 radical (unpaired) electrons. The summed E-state index contributed by atoms with van der Waals surface area (Å²) in [6, 6.07) is 15.5. The van der Waals surface area contributed by atoms with Crippen molar-refractivity contribution < 1.29 is 4.79 Å². The summed E-state index contributed by atoms with van der Waals surface area (Å²) in [5, 5.41) is 2.88. The van der Waals surface area contributed by atoms with Gasteiger partial charge in [0.1, 0.15) is 4.99 Å². The largest absolute Gasteiger partial charge is 0.389 e. The molecule has 4 nitrogen and oxygen atoms in total. The first kappa shape index (κ1) is 13.6. The van der Waals surface area contributed by atoms with Gasteiger partial charge in [0.15, 0.2) is 0 Å². The van der Waals surface area contributed by atoms with Crippen LogP contribution in [-0.2, 0) is 11.3 Å². The number of benzene rings is 2. The molecule has 0 saturated carbocycles. The summed E-state index contributed by atoms with van der Waals surface area (Å²) in [5.74, 6) is -0.0125. The number of nitrogens with two attached hydrogens (primary N) is 1. The highest BCUT2D eigenvalue weighted by molar-refractivity contribution is 7.80. The predicted molar refractivity (Wildman–Crippen MR) is 88.5 cm³/mol. The summed E-state index contributed by atoms with van der Waals surface area (Å²) in [7, 11) is 0. The minimum atomic E-state index is -0.0125. The van der Waals surface area contributed by atoms with Crippen LogP contribution in [0.1, 0.15) is 11.1 Å². The zero-order chi connectivity index (χ0) is 14.8. The van der Waals surface area contributed by atoms with Crippen LogP contribution in [0, 0.1) is 0 Å². The number of carbonyl (C=O) groups is 1. The first-order valence-electron chi connectivity index (χ1n) is 6.66. The van der Waals surface area contributed by atoms with E-state index in [1.54, 1.807) is 0 Å². The van der Waals surface area contributed by atoms with Gasteiger partial charge < -0.3 is 16.0 Å². The quantitative estimate of drug-likeness (QED) is 0.853. The maximum absolute atomic E-state index is 11.8. The smallest absolute Gasteiger partial charge is 0.243 e. The van der Waals surface area contributed by atoms with Gasteiger partial charge in [0.25, 0.3) is 0 Å². The lowest BCUT2D eigenvalue weighted by molar-refractivity contribution is -0.115. The maximum Gasteiger partial charge on any atom is 0.243 e. The van der Waals surface area contributed by atoms with Gasteiger partial charge in [0.2, 0.25) is 5.91 Å². The molecule has 1 amide bonds. The van der Waals surface area contributed by atoms with Gasteiger partial charge in [-0.25, -0.2) is 0 Å². The van der Waals surface area contributed by atoms with E-state index in [-0.39, 0.29) is 5.91 Å². The van der Waals surface area contributed by atoms with Gasteiger partial charge in [-0.05, 0) is 17.7 Å². The highest BCUT2D eigenvalue weighted by atomic mass is 32.1. The van der Waals surface area contributed by atoms with Gasteiger partial charge in [-0.3, -0.25) is 4.79 Å². The SMILES string of the molecule is NC(=S)c1ccccc1CN1CC(=O)Nc2ccccc21. The number of nitrogens with zero attached hydrogens (tertiary/aromatic N) is 1. The Morgan fingerprint density at radius 3 is 2.71 bits per heavy atom. The normalized spacial score (nSPS) is 13.5. The lowest BCUT2D eigenvalue weighted by Gasteiger charge is -2.31. The Balaban J connectivity index is 1.96. The minimum absolute atomic E-state index is 0.0125. The molecule has 0 spiro atoms. The fourth-order valence-corrected chi connectivity index (χ4v) is 2.75. The second kappa shape index (κ2) is 5.54. The molecule has 1 heterocycles. The molecule has 0 saturated heterocycles. The average molecular weight is 297 g/mol. The topological polar surface area (TPSA) is 58.4 Å². The zero-order valence-electron chi connectivity index (χ0n) is 11.4. The number of hydrogen-bond acceptors (Lipinski definition) is 3. The van der Waals surface area contributed by atoms with Crippen molar-refractivity contribution in [1.29, 1.82) is 0 Å². The molecule has 21 heavy (non-hydrogen) atoms. The minimum Gasteiger partial charge on any atom is -0.389 e. The molecule has 0 unspecified atom stereocenters. The number of para-hydroxylation sites is 2. The van der Waals surface area contributed by atoms with Gasteiger partial charge in [-0.2, -0.15) is 0 Å². The Kier molecular flexibility index (Phi) is 3.58. The Bertz CT molecular complexity index is 714. The van der Waals surface area contributed by atoms with Crippen molar-refractivity contribution in [1.82, 2.24) is 0 Å². The molecule has 0 aromatic heterocycles. The van der Waals surface area contributed by atoms with Gasteiger partial charge in [-0.15, -0.1) is 0 Å². The van der Waals surface area contributed by atoms with E-state index in [1.807, 2.05) is 53.4 Å². The third-order valence-electron chi connectivity index (χ3n) is 3.50. The number of carbonyl (C=O) groups excluding carboxylic acids is 1. The van der Waals surface area contributed by atoms with E-state index >= 15 is 0 Å². The van der Waals surface area contributed by atoms with Crippen LogP contribution in [-0.4, -0.2) is 17.4 Å². The van der Waals surface area contributed by atoms with Crippen LogP contribution in [0.4, 0.5) is 11.4 Å². The Labute approximate surface area is 128 Å². The summed E-state index contributed by atoms with van der Waals surface area (Å²) in [4.78, 5) is 14.3. The van der Waals surface area contributed by atoms with E-state index in [0.717, 1.165) is 22.5 Å². The van der Waals surface area contributed by atoms with E-state index in [4.69, 9.17) is 18.0 Å². The fourth-order valence-electron chi connectivity index (χ4n) is 2.55. The van der Waals surface area contributed by atoms with Gasteiger partial charge in [-0.1, -0.05) is 48.6 Å². The molecule has 0 bridgehead atoms. The second-order valence-corrected chi connectivity index (χ2v) is 5.38. The molecule has 2 aromatic carbocycles. The fraction of sp³-hybridized carbons (Fsp3) is 0.125. The first-order chi connectivity index (χ1) is 10.1. The van der Waals surface area contributed by atoms with Gasteiger partial charge in [0, 0.05) is 12.1 Å². The van der Waals surface area contributed by atoms with Crippen LogP contribution < -0.4 is 16.0 Å². The Morgan fingerprint density at radius 1 is 1.19 bits per heavy atom. The third kappa shape index (κ3) is 2.73. The van der Waals surface area contributed by atoms with Crippen molar-refractivity contribution in [2.75, 3.05) is 16.8 Å². The molecule has 3 N–H and O–H groups in total. The van der Waals surface area contributed by atoms with Crippen molar-refractivity contribution in [2.45, 2.75) is 6.54 Å². The summed E-state index contributed by atoms with van der Waals surface area (Å²) in [5.41, 5.74) is 9.50. The molecular weight excluding hydrogens is 282 g/mol. The number of fused-ring (bicyclic) bond motifs is 1. The highest BCUT2D eigenvalue weighted by Crippen LogP contribution is 2.30. The molecule has 0 aliphatic carbocycles. The van der Waals surface area contributed by atoms with Crippen molar-refractivity contribution in [2.24, 2.45) is 5.73 Å². The number of nitrogens with one attached hydrogen (secondary N) is 1. The maximum atomic E-state index is 11.8. The molecule has 3 rings (SSSR count). The first-order valence-corrected chi connectivity index (χ1v) is 7.07. The van der Waals surface area contributed by atoms with E-state index in [2.05, 4.69) is 5.32 Å². The van der Waals surface area contributed by atoms with Crippen LogP contribution in [0.3, 0.4) is 0 Å². The number of hydrogen-bond donors (Lipinski definition) is 2. The van der Waals surface area contributed by atoms with E-state index in [0.29, 0.717) is 18.1 Å². The van der Waals surface area contributed by atoms with Crippen LogP contribution in [0.25, 0.3) is 0 Å². The highest BCUT2D eigenvalue weighted by Gasteiger charge is 2.22. The molecule has 1 aliphatic rings. The molecule has 0 atom stereocenters. The standard InChI is InChI=1S/C16H15N3OS/c17-16(21)12-6-2-1-5-11(12)9-19-10-15(20)18-13-7-3-4-8-14(13)19/h1-8H,9-10H2,(H2,17,21)(H,18,20). The number of amides is 1. The lowest BCUT2D eigenvalue weighted by atomic mass is 10.1. The summed E-state index contributed by atoms with van der Waals surface area (Å²) < 4.78 is 0. The Hall–Kier alpha value is -2.40. The average Bonchev–Trinajstić information content (AvgIpc) is 2.47. The van der Waals surface area contributed by atoms with Crippen LogP contribution in [0.5, 0.6) is 0 Å². The zero-order valence-corrected chi connectivity index (χ0v) is 12.2. The summed E-state index contributed by atoms with van der Waals surface area (Å²) in [6.07, 6.45) is 0. The van der Waals surface area contributed by atoms with Crippen LogP contribution >= 0.6 is 12.2 Å². The van der Waals surface area contributed by atoms with Gasteiger partial charge >= 0.3 is 0 Å². The predicted octanol–water partition coefficient (Wildman–Crippen LogP) is 2.28. The van der Waals surface area contributed by atoms with Crippen molar-refractivity contribution in [3.63, 3.8) is 0 Å². The summed E-state index contributed by atoms with van der Waals surface area (Å²) >= 11 is 5.10. The molecule has 2 aromatic rings. The number of anilines is 2. The molecule has 1 aliphatic heterocycles. The van der Waals surface area contributed by atoms with Crippen molar-refractivity contribution in [3.05, 3.63) is 59.7 Å². The van der Waals surface area contributed by atoms with E-state index < -0.39 is 0 Å². The van der Waals surface area contributed by atoms with Crippen molar-refractivity contribution >= 4 is 34.5 Å². The van der Waals surface area contributed by atoms with E-state index in [1.165, 1.54) is 0 Å². The molecule has 0 fully saturated rings. The Morgan fingerprint density at radius 2 is 1.90 bits per heavy atom. The van der Waals surface area contributed by atoms with Crippen LogP contribution in [0.2, 0.25) is 0 Å². The number of rotatable bonds is 3. The van der Waals surface area contributed by atoms with E-state index in [9.17, 15) is 4.79 Å². The van der Waals surface area contributed by atoms with Gasteiger partial charge in [0.05, 0.1) is 17.9 Å². The molecule has 5 heteroatoms. The molecule has 106 valence electrons. The number of thiocarbonyl (C=S) groups is 1. The second-order valence-electron chi connectivity index (χ2n) is 4.94. The third-order valence-corrected chi connectivity index (χ3v) is 3.72. The molecular formula is C16H15N3OS.